The number of aliphatic hydroxyl groups excluding tert-OH is 1. The summed E-state index contributed by atoms with van der Waals surface area (Å²) in [6, 6.07) is 5.90. The van der Waals surface area contributed by atoms with Crippen LogP contribution in [0.5, 0.6) is 0 Å². The van der Waals surface area contributed by atoms with E-state index in [0.717, 1.165) is 19.5 Å². The van der Waals surface area contributed by atoms with Gasteiger partial charge in [-0.05, 0) is 32.4 Å². The van der Waals surface area contributed by atoms with E-state index in [4.69, 9.17) is 5.11 Å². The Hall–Kier alpha value is -1.66. The second kappa shape index (κ2) is 6.67. The van der Waals surface area contributed by atoms with Crippen molar-refractivity contribution in [2.24, 2.45) is 0 Å². The standard InChI is InChI=1S/C14H22N4O2/c1-12(2)16(7-5-11-19)9-10-18-14(20)17-8-4-3-6-13(17)15-18/h3-4,6,8,12,19H,5,7,9-11H2,1-2H3. The SMILES string of the molecule is CC(C)N(CCCO)CCn1nc2ccccn2c1=O. The van der Waals surface area contributed by atoms with Crippen molar-refractivity contribution in [1.82, 2.24) is 19.1 Å². The molecule has 0 bridgehead atoms. The maximum Gasteiger partial charge on any atom is 0.350 e. The molecule has 6 heteroatoms. The Morgan fingerprint density at radius 3 is 2.80 bits per heavy atom. The number of nitrogens with zero attached hydrogens (tertiary/aromatic N) is 4. The van der Waals surface area contributed by atoms with Gasteiger partial charge in [-0.25, -0.2) is 9.48 Å². The summed E-state index contributed by atoms with van der Waals surface area (Å²) in [6.45, 7) is 6.56. The average molecular weight is 278 g/mol. The molecule has 0 aliphatic heterocycles. The minimum atomic E-state index is -0.105. The second-order valence-corrected chi connectivity index (χ2v) is 5.14. The monoisotopic (exact) mass is 278 g/mol. The van der Waals surface area contributed by atoms with Crippen LogP contribution in [0.15, 0.2) is 29.2 Å². The number of rotatable bonds is 7. The molecule has 0 unspecified atom stereocenters. The summed E-state index contributed by atoms with van der Waals surface area (Å²) in [7, 11) is 0. The van der Waals surface area contributed by atoms with E-state index >= 15 is 0 Å². The van der Waals surface area contributed by atoms with E-state index in [0.29, 0.717) is 18.2 Å². The van der Waals surface area contributed by atoms with Gasteiger partial charge in [-0.1, -0.05) is 6.07 Å². The lowest BCUT2D eigenvalue weighted by atomic mass is 10.3. The predicted octanol–water partition coefficient (Wildman–Crippen LogP) is 0.589. The van der Waals surface area contributed by atoms with Gasteiger partial charge in [0.15, 0.2) is 5.65 Å². The second-order valence-electron chi connectivity index (χ2n) is 5.14. The Morgan fingerprint density at radius 1 is 1.35 bits per heavy atom. The third-order valence-electron chi connectivity index (χ3n) is 3.42. The molecule has 6 nitrogen and oxygen atoms in total. The van der Waals surface area contributed by atoms with Gasteiger partial charge in [0.25, 0.3) is 0 Å². The summed E-state index contributed by atoms with van der Waals surface area (Å²) < 4.78 is 3.05. The lowest BCUT2D eigenvalue weighted by Gasteiger charge is -2.25. The first-order chi connectivity index (χ1) is 9.63. The van der Waals surface area contributed by atoms with Gasteiger partial charge >= 0.3 is 5.69 Å². The predicted molar refractivity (Wildman–Crippen MR) is 77.9 cm³/mol. The van der Waals surface area contributed by atoms with Crippen LogP contribution in [-0.4, -0.2) is 49.9 Å². The molecule has 0 amide bonds. The molecule has 0 aliphatic rings. The lowest BCUT2D eigenvalue weighted by molar-refractivity contribution is 0.183. The maximum absolute atomic E-state index is 12.1. The van der Waals surface area contributed by atoms with Crippen LogP contribution < -0.4 is 5.69 Å². The maximum atomic E-state index is 12.1. The van der Waals surface area contributed by atoms with Gasteiger partial charge in [0, 0.05) is 31.9 Å². The highest BCUT2D eigenvalue weighted by atomic mass is 16.3. The Morgan fingerprint density at radius 2 is 2.15 bits per heavy atom. The van der Waals surface area contributed by atoms with Gasteiger partial charge in [0.1, 0.15) is 0 Å². The van der Waals surface area contributed by atoms with Crippen molar-refractivity contribution in [3.05, 3.63) is 34.9 Å². The first kappa shape index (κ1) is 14.7. The Kier molecular flexibility index (Phi) is 4.92. The molecule has 0 fully saturated rings. The zero-order chi connectivity index (χ0) is 14.5. The number of fused-ring (bicyclic) bond motifs is 1. The number of pyridine rings is 1. The molecule has 0 saturated carbocycles. The van der Waals surface area contributed by atoms with Crippen molar-refractivity contribution in [3.8, 4) is 0 Å². The van der Waals surface area contributed by atoms with Gasteiger partial charge in [-0.2, -0.15) is 0 Å². The number of aliphatic hydroxyl groups is 1. The van der Waals surface area contributed by atoms with Gasteiger partial charge in [0.2, 0.25) is 0 Å². The molecule has 0 aliphatic carbocycles. The average Bonchev–Trinajstić information content (AvgIpc) is 2.76. The number of aromatic nitrogens is 3. The summed E-state index contributed by atoms with van der Waals surface area (Å²) in [6.07, 6.45) is 2.48. The van der Waals surface area contributed by atoms with Crippen LogP contribution in [0.1, 0.15) is 20.3 Å². The van der Waals surface area contributed by atoms with Crippen molar-refractivity contribution >= 4 is 5.65 Å². The number of hydrogen-bond acceptors (Lipinski definition) is 4. The van der Waals surface area contributed by atoms with Crippen molar-refractivity contribution in [1.29, 1.82) is 0 Å². The van der Waals surface area contributed by atoms with Crippen LogP contribution in [-0.2, 0) is 6.54 Å². The third kappa shape index (κ3) is 3.26. The highest BCUT2D eigenvalue weighted by molar-refractivity contribution is 5.35. The van der Waals surface area contributed by atoms with E-state index in [1.807, 2.05) is 18.2 Å². The van der Waals surface area contributed by atoms with Crippen LogP contribution in [0.2, 0.25) is 0 Å². The van der Waals surface area contributed by atoms with Crippen LogP contribution >= 0.6 is 0 Å². The fourth-order valence-electron chi connectivity index (χ4n) is 2.24. The van der Waals surface area contributed by atoms with Crippen molar-refractivity contribution < 1.29 is 5.11 Å². The Bertz CT molecular complexity index is 602. The van der Waals surface area contributed by atoms with Crippen molar-refractivity contribution in [2.45, 2.75) is 32.9 Å². The summed E-state index contributed by atoms with van der Waals surface area (Å²) in [5.74, 6) is 0. The molecule has 0 saturated heterocycles. The molecule has 110 valence electrons. The van der Waals surface area contributed by atoms with Gasteiger partial charge in [-0.3, -0.25) is 9.30 Å². The van der Waals surface area contributed by atoms with Crippen LogP contribution in [0.4, 0.5) is 0 Å². The van der Waals surface area contributed by atoms with E-state index in [2.05, 4.69) is 23.8 Å². The molecule has 1 N–H and O–H groups in total. The van der Waals surface area contributed by atoms with E-state index in [1.165, 1.54) is 4.68 Å². The zero-order valence-corrected chi connectivity index (χ0v) is 12.1. The molecule has 20 heavy (non-hydrogen) atoms. The molecule has 0 radical (unpaired) electrons. The fraction of sp³-hybridized carbons (Fsp3) is 0.571. The van der Waals surface area contributed by atoms with Crippen LogP contribution in [0.3, 0.4) is 0 Å². The molecule has 2 heterocycles. The van der Waals surface area contributed by atoms with Gasteiger partial charge in [0.05, 0.1) is 6.54 Å². The van der Waals surface area contributed by atoms with E-state index < -0.39 is 0 Å². The van der Waals surface area contributed by atoms with Crippen molar-refractivity contribution in [2.75, 3.05) is 19.7 Å². The summed E-state index contributed by atoms with van der Waals surface area (Å²) in [5, 5.41) is 13.2. The largest absolute Gasteiger partial charge is 0.396 e. The minimum absolute atomic E-state index is 0.105. The molecule has 2 aromatic heterocycles. The Labute approximate surface area is 118 Å². The van der Waals surface area contributed by atoms with Crippen LogP contribution in [0, 0.1) is 0 Å². The molecule has 2 aromatic rings. The highest BCUT2D eigenvalue weighted by Gasteiger charge is 2.11. The molecule has 2 rings (SSSR count). The molecular formula is C14H22N4O2. The smallest absolute Gasteiger partial charge is 0.350 e. The zero-order valence-electron chi connectivity index (χ0n) is 12.1. The summed E-state index contributed by atoms with van der Waals surface area (Å²) in [5.41, 5.74) is 0.565. The number of hydrogen-bond donors (Lipinski definition) is 1. The first-order valence-electron chi connectivity index (χ1n) is 7.02. The molecular weight excluding hydrogens is 256 g/mol. The van der Waals surface area contributed by atoms with E-state index in [-0.39, 0.29) is 12.3 Å². The molecule has 0 atom stereocenters. The van der Waals surface area contributed by atoms with Crippen molar-refractivity contribution in [3.63, 3.8) is 0 Å². The van der Waals surface area contributed by atoms with E-state index in [1.54, 1.807) is 10.6 Å². The highest BCUT2D eigenvalue weighted by Crippen LogP contribution is 2.01. The van der Waals surface area contributed by atoms with Gasteiger partial charge in [-0.15, -0.1) is 5.10 Å². The van der Waals surface area contributed by atoms with Gasteiger partial charge < -0.3 is 5.11 Å². The Balaban J connectivity index is 2.07. The summed E-state index contributed by atoms with van der Waals surface area (Å²) >= 11 is 0. The quantitative estimate of drug-likeness (QED) is 0.805. The lowest BCUT2D eigenvalue weighted by Crippen LogP contribution is -2.37. The minimum Gasteiger partial charge on any atom is -0.396 e. The normalized spacial score (nSPS) is 11.8. The molecule has 0 aromatic carbocycles. The topological polar surface area (TPSA) is 62.8 Å². The van der Waals surface area contributed by atoms with E-state index in [9.17, 15) is 4.79 Å². The first-order valence-corrected chi connectivity index (χ1v) is 7.02. The van der Waals surface area contributed by atoms with Crippen LogP contribution in [0.25, 0.3) is 5.65 Å². The molecule has 0 spiro atoms. The summed E-state index contributed by atoms with van der Waals surface area (Å²) in [4.78, 5) is 14.4. The fourth-order valence-corrected chi connectivity index (χ4v) is 2.24. The third-order valence-corrected chi connectivity index (χ3v) is 3.42.